The van der Waals surface area contributed by atoms with Gasteiger partial charge in [-0.05, 0) is 49.4 Å². The highest BCUT2D eigenvalue weighted by Crippen LogP contribution is 2.35. The topological polar surface area (TPSA) is 12.0 Å². The third-order valence-electron chi connectivity index (χ3n) is 4.44. The first-order valence-electron chi connectivity index (χ1n) is 7.23. The van der Waals surface area contributed by atoms with Crippen LogP contribution < -0.4 is 5.32 Å². The number of rotatable bonds is 3. The fourth-order valence-electron chi connectivity index (χ4n) is 3.03. The van der Waals surface area contributed by atoms with E-state index in [-0.39, 0.29) is 5.54 Å². The summed E-state index contributed by atoms with van der Waals surface area (Å²) in [7, 11) is 0. The van der Waals surface area contributed by atoms with Gasteiger partial charge >= 0.3 is 0 Å². The first-order chi connectivity index (χ1) is 9.05. The number of hydrogen-bond acceptors (Lipinski definition) is 1. The summed E-state index contributed by atoms with van der Waals surface area (Å²) in [5.74, 6) is 0.568. The molecular formula is C16H23Cl2N. The molecule has 1 aliphatic rings. The van der Waals surface area contributed by atoms with Gasteiger partial charge in [0.15, 0.2) is 0 Å². The fraction of sp³-hybridized carbons (Fsp3) is 0.625. The molecule has 1 fully saturated rings. The maximum absolute atomic E-state index is 6.34. The highest BCUT2D eigenvalue weighted by molar-refractivity contribution is 6.36. The number of hydrogen-bond donors (Lipinski definition) is 1. The van der Waals surface area contributed by atoms with E-state index in [9.17, 15) is 0 Å². The van der Waals surface area contributed by atoms with E-state index in [1.54, 1.807) is 0 Å². The van der Waals surface area contributed by atoms with Crippen LogP contribution in [0.2, 0.25) is 10.0 Å². The van der Waals surface area contributed by atoms with Crippen LogP contribution in [0.15, 0.2) is 18.2 Å². The van der Waals surface area contributed by atoms with Crippen molar-refractivity contribution < 1.29 is 0 Å². The van der Waals surface area contributed by atoms with Crippen LogP contribution in [0.4, 0.5) is 0 Å². The van der Waals surface area contributed by atoms with Crippen LogP contribution >= 0.6 is 23.2 Å². The quantitative estimate of drug-likeness (QED) is 0.819. The molecule has 1 aromatic rings. The van der Waals surface area contributed by atoms with Gasteiger partial charge in [-0.15, -0.1) is 0 Å². The maximum atomic E-state index is 6.34. The Morgan fingerprint density at radius 2 is 1.84 bits per heavy atom. The van der Waals surface area contributed by atoms with Crippen molar-refractivity contribution in [3.8, 4) is 0 Å². The summed E-state index contributed by atoms with van der Waals surface area (Å²) in [5, 5.41) is 5.36. The first-order valence-corrected chi connectivity index (χ1v) is 7.99. The van der Waals surface area contributed by atoms with E-state index < -0.39 is 0 Å². The van der Waals surface area contributed by atoms with Gasteiger partial charge in [-0.3, -0.25) is 0 Å². The van der Waals surface area contributed by atoms with Crippen LogP contribution in [0.1, 0.15) is 45.1 Å². The highest BCUT2D eigenvalue weighted by Gasteiger charge is 2.35. The predicted octanol–water partition coefficient (Wildman–Crippen LogP) is 5.09. The Morgan fingerprint density at radius 3 is 2.47 bits per heavy atom. The van der Waals surface area contributed by atoms with E-state index in [0.717, 1.165) is 28.6 Å². The molecule has 3 heteroatoms. The molecule has 0 saturated carbocycles. The van der Waals surface area contributed by atoms with Gasteiger partial charge in [-0.2, -0.15) is 0 Å². The zero-order chi connectivity index (χ0) is 13.9. The molecule has 106 valence electrons. The summed E-state index contributed by atoms with van der Waals surface area (Å²) in [5.41, 5.74) is 1.22. The number of benzene rings is 1. The SMILES string of the molecule is CC(C)C1(Cc2c(Cl)cccc2Cl)CCCCCN1. The Kier molecular flexibility index (Phi) is 5.16. The lowest BCUT2D eigenvalue weighted by Gasteiger charge is -2.38. The monoisotopic (exact) mass is 299 g/mol. The van der Waals surface area contributed by atoms with Crippen molar-refractivity contribution in [2.75, 3.05) is 6.54 Å². The second kappa shape index (κ2) is 6.47. The Labute approximate surface area is 126 Å². The molecule has 0 aliphatic carbocycles. The smallest absolute Gasteiger partial charge is 0.0453 e. The summed E-state index contributed by atoms with van der Waals surface area (Å²) < 4.78 is 0. The Bertz CT molecular complexity index is 401. The van der Waals surface area contributed by atoms with Gasteiger partial charge in [0.1, 0.15) is 0 Å². The van der Waals surface area contributed by atoms with Crippen LogP contribution in [-0.2, 0) is 6.42 Å². The van der Waals surface area contributed by atoms with E-state index in [4.69, 9.17) is 23.2 Å². The van der Waals surface area contributed by atoms with Gasteiger partial charge in [0, 0.05) is 15.6 Å². The average Bonchev–Trinajstić information content (AvgIpc) is 2.60. The van der Waals surface area contributed by atoms with E-state index in [2.05, 4.69) is 19.2 Å². The van der Waals surface area contributed by atoms with Crippen molar-refractivity contribution in [2.24, 2.45) is 5.92 Å². The molecule has 1 atom stereocenters. The Hall–Kier alpha value is -0.240. The lowest BCUT2D eigenvalue weighted by molar-refractivity contribution is 0.226. The molecule has 1 heterocycles. The van der Waals surface area contributed by atoms with Crippen LogP contribution in [0.5, 0.6) is 0 Å². The molecule has 0 radical (unpaired) electrons. The Balaban J connectivity index is 2.30. The molecule has 0 aromatic heterocycles. The van der Waals surface area contributed by atoms with Crippen molar-refractivity contribution in [1.82, 2.24) is 5.32 Å². The Morgan fingerprint density at radius 1 is 1.16 bits per heavy atom. The maximum Gasteiger partial charge on any atom is 0.0453 e. The third kappa shape index (κ3) is 3.45. The second-order valence-electron chi connectivity index (χ2n) is 5.93. The molecule has 1 unspecified atom stereocenters. The van der Waals surface area contributed by atoms with Gasteiger partial charge in [0.2, 0.25) is 0 Å². The highest BCUT2D eigenvalue weighted by atomic mass is 35.5. The summed E-state index contributed by atoms with van der Waals surface area (Å²) in [6, 6.07) is 5.79. The molecule has 1 nitrogen and oxygen atoms in total. The van der Waals surface area contributed by atoms with Crippen LogP contribution in [0.25, 0.3) is 0 Å². The summed E-state index contributed by atoms with van der Waals surface area (Å²) in [4.78, 5) is 0. The molecule has 1 aromatic carbocycles. The minimum Gasteiger partial charge on any atom is -0.311 e. The van der Waals surface area contributed by atoms with Gasteiger partial charge in [-0.25, -0.2) is 0 Å². The van der Waals surface area contributed by atoms with Gasteiger partial charge in [-0.1, -0.05) is 56.0 Å². The second-order valence-corrected chi connectivity index (χ2v) is 6.74. The predicted molar refractivity (Wildman–Crippen MR) is 84.2 cm³/mol. The van der Waals surface area contributed by atoms with Gasteiger partial charge in [0.25, 0.3) is 0 Å². The molecule has 0 spiro atoms. The van der Waals surface area contributed by atoms with Crippen LogP contribution in [0, 0.1) is 5.92 Å². The van der Waals surface area contributed by atoms with E-state index >= 15 is 0 Å². The number of halogens is 2. The summed E-state index contributed by atoms with van der Waals surface area (Å²) in [6.45, 7) is 5.69. The van der Waals surface area contributed by atoms with E-state index in [0.29, 0.717) is 5.92 Å². The lowest BCUT2D eigenvalue weighted by atomic mass is 9.77. The molecule has 1 saturated heterocycles. The minimum atomic E-state index is 0.130. The summed E-state index contributed by atoms with van der Waals surface area (Å²) in [6.07, 6.45) is 5.99. The van der Waals surface area contributed by atoms with E-state index in [1.165, 1.54) is 25.7 Å². The molecule has 1 N–H and O–H groups in total. The van der Waals surface area contributed by atoms with E-state index in [1.807, 2.05) is 18.2 Å². The van der Waals surface area contributed by atoms with Crippen molar-refractivity contribution in [2.45, 2.75) is 51.5 Å². The fourth-order valence-corrected chi connectivity index (χ4v) is 3.56. The molecular weight excluding hydrogens is 277 g/mol. The van der Waals surface area contributed by atoms with Crippen molar-refractivity contribution in [1.29, 1.82) is 0 Å². The number of nitrogens with one attached hydrogen (secondary N) is 1. The lowest BCUT2D eigenvalue weighted by Crippen LogP contribution is -2.51. The van der Waals surface area contributed by atoms with Crippen LogP contribution in [0.3, 0.4) is 0 Å². The average molecular weight is 300 g/mol. The third-order valence-corrected chi connectivity index (χ3v) is 5.14. The van der Waals surface area contributed by atoms with Crippen molar-refractivity contribution in [3.63, 3.8) is 0 Å². The van der Waals surface area contributed by atoms with Crippen LogP contribution in [-0.4, -0.2) is 12.1 Å². The first kappa shape index (κ1) is 15.2. The summed E-state index contributed by atoms with van der Waals surface area (Å²) >= 11 is 12.7. The standard InChI is InChI=1S/C16H23Cl2N/c1-12(2)16(9-4-3-5-10-19-16)11-13-14(17)7-6-8-15(13)18/h6-8,12,19H,3-5,9-11H2,1-2H3. The van der Waals surface area contributed by atoms with Gasteiger partial charge in [0.05, 0.1) is 0 Å². The molecule has 19 heavy (non-hydrogen) atoms. The zero-order valence-electron chi connectivity index (χ0n) is 11.8. The minimum absolute atomic E-state index is 0.130. The largest absolute Gasteiger partial charge is 0.311 e. The van der Waals surface area contributed by atoms with Crippen molar-refractivity contribution >= 4 is 23.2 Å². The zero-order valence-corrected chi connectivity index (χ0v) is 13.3. The molecule has 2 rings (SSSR count). The molecule has 0 bridgehead atoms. The molecule has 1 aliphatic heterocycles. The molecule has 0 amide bonds. The van der Waals surface area contributed by atoms with Crippen molar-refractivity contribution in [3.05, 3.63) is 33.8 Å². The van der Waals surface area contributed by atoms with Gasteiger partial charge < -0.3 is 5.32 Å². The normalized spacial score (nSPS) is 24.5.